The molecule has 0 amide bonds. The Morgan fingerprint density at radius 1 is 1.50 bits per heavy atom. The van der Waals surface area contributed by atoms with Gasteiger partial charge in [0.1, 0.15) is 5.01 Å². The van der Waals surface area contributed by atoms with Gasteiger partial charge in [0.15, 0.2) is 0 Å². The maximum atomic E-state index is 5.87. The molecule has 0 aliphatic carbocycles. The summed E-state index contributed by atoms with van der Waals surface area (Å²) in [5, 5.41) is 6.60. The molecule has 2 heterocycles. The lowest BCUT2D eigenvalue weighted by Gasteiger charge is -2.09. The highest BCUT2D eigenvalue weighted by atomic mass is 35.5. The van der Waals surface area contributed by atoms with Crippen LogP contribution in [-0.2, 0) is 6.42 Å². The molecule has 0 aromatic carbocycles. The molecular weight excluding hydrogens is 260 g/mol. The third-order valence-corrected chi connectivity index (χ3v) is 4.52. The minimum Gasteiger partial charge on any atom is -0.308 e. The maximum absolute atomic E-state index is 5.87. The fourth-order valence-corrected chi connectivity index (χ4v) is 3.19. The zero-order valence-corrected chi connectivity index (χ0v) is 11.3. The van der Waals surface area contributed by atoms with Gasteiger partial charge in [0.2, 0.25) is 0 Å². The minimum atomic E-state index is 0.329. The van der Waals surface area contributed by atoms with Gasteiger partial charge in [-0.25, -0.2) is 4.98 Å². The molecule has 1 N–H and O–H groups in total. The van der Waals surface area contributed by atoms with Crippen molar-refractivity contribution in [2.75, 3.05) is 6.54 Å². The van der Waals surface area contributed by atoms with E-state index < -0.39 is 0 Å². The van der Waals surface area contributed by atoms with Crippen molar-refractivity contribution in [2.45, 2.75) is 19.4 Å². The van der Waals surface area contributed by atoms with E-state index in [1.165, 1.54) is 4.88 Å². The summed E-state index contributed by atoms with van der Waals surface area (Å²) in [6.45, 7) is 3.10. The van der Waals surface area contributed by atoms with Gasteiger partial charge in [0, 0.05) is 23.0 Å². The highest BCUT2D eigenvalue weighted by Gasteiger charge is 2.06. The van der Waals surface area contributed by atoms with Crippen LogP contribution in [0.5, 0.6) is 0 Å². The lowest BCUT2D eigenvalue weighted by atomic mass is 10.3. The van der Waals surface area contributed by atoms with Crippen molar-refractivity contribution >= 4 is 34.3 Å². The molecule has 0 fully saturated rings. The van der Waals surface area contributed by atoms with Gasteiger partial charge in [-0.2, -0.15) is 0 Å². The van der Waals surface area contributed by atoms with E-state index in [1.54, 1.807) is 22.7 Å². The number of halogens is 1. The van der Waals surface area contributed by atoms with E-state index in [-0.39, 0.29) is 0 Å². The summed E-state index contributed by atoms with van der Waals surface area (Å²) in [5.41, 5.74) is 0. The predicted molar refractivity (Wildman–Crippen MR) is 71.6 cm³/mol. The van der Waals surface area contributed by atoms with Crippen LogP contribution in [0, 0.1) is 0 Å². The third kappa shape index (κ3) is 3.28. The first-order chi connectivity index (χ1) is 7.75. The zero-order valence-electron chi connectivity index (χ0n) is 8.94. The predicted octanol–water partition coefficient (Wildman–Crippen LogP) is 3.75. The Morgan fingerprint density at radius 3 is 3.00 bits per heavy atom. The maximum Gasteiger partial charge on any atom is 0.109 e. The number of aromatic nitrogens is 1. The number of thiazole rings is 1. The molecular formula is C11H13ClN2S2. The van der Waals surface area contributed by atoms with Crippen LogP contribution in [0.15, 0.2) is 23.7 Å². The van der Waals surface area contributed by atoms with Gasteiger partial charge in [0.05, 0.1) is 10.4 Å². The fourth-order valence-electron chi connectivity index (χ4n) is 1.43. The largest absolute Gasteiger partial charge is 0.308 e. The van der Waals surface area contributed by atoms with Crippen molar-refractivity contribution in [1.82, 2.24) is 10.3 Å². The van der Waals surface area contributed by atoms with Crippen LogP contribution in [0.1, 0.15) is 22.9 Å². The van der Waals surface area contributed by atoms with Crippen molar-refractivity contribution < 1.29 is 0 Å². The van der Waals surface area contributed by atoms with E-state index in [9.17, 15) is 0 Å². The molecule has 2 rings (SSSR count). The number of hydrogen-bond donors (Lipinski definition) is 1. The fraction of sp³-hybridized carbons (Fsp3) is 0.364. The number of hydrogen-bond acceptors (Lipinski definition) is 4. The van der Waals surface area contributed by atoms with E-state index >= 15 is 0 Å². The highest BCUT2D eigenvalue weighted by molar-refractivity contribution is 7.16. The van der Waals surface area contributed by atoms with E-state index in [0.717, 1.165) is 22.3 Å². The van der Waals surface area contributed by atoms with E-state index in [2.05, 4.69) is 23.3 Å². The van der Waals surface area contributed by atoms with E-state index in [0.29, 0.717) is 6.04 Å². The van der Waals surface area contributed by atoms with Gasteiger partial charge in [-0.3, -0.25) is 0 Å². The molecule has 2 nitrogen and oxygen atoms in total. The van der Waals surface area contributed by atoms with Crippen molar-refractivity contribution in [3.8, 4) is 0 Å². The van der Waals surface area contributed by atoms with Gasteiger partial charge < -0.3 is 5.32 Å². The molecule has 2 aromatic rings. The molecule has 0 aliphatic rings. The Kier molecular flexibility index (Phi) is 4.35. The molecule has 1 atom stereocenters. The monoisotopic (exact) mass is 272 g/mol. The molecule has 0 spiro atoms. The lowest BCUT2D eigenvalue weighted by molar-refractivity contribution is 0.576. The average molecular weight is 273 g/mol. The van der Waals surface area contributed by atoms with Crippen molar-refractivity contribution in [3.05, 3.63) is 37.9 Å². The zero-order chi connectivity index (χ0) is 11.4. The molecule has 1 unspecified atom stereocenters. The summed E-state index contributed by atoms with van der Waals surface area (Å²) < 4.78 is 0.864. The Labute approximate surface area is 108 Å². The Morgan fingerprint density at radius 2 is 2.38 bits per heavy atom. The molecule has 86 valence electrons. The van der Waals surface area contributed by atoms with Crippen LogP contribution in [-0.4, -0.2) is 11.5 Å². The Bertz CT molecular complexity index is 425. The topological polar surface area (TPSA) is 24.9 Å². The molecule has 5 heteroatoms. The second kappa shape index (κ2) is 5.77. The lowest BCUT2D eigenvalue weighted by Crippen LogP contribution is -2.20. The summed E-state index contributed by atoms with van der Waals surface area (Å²) in [5.74, 6) is 0. The van der Waals surface area contributed by atoms with Crippen molar-refractivity contribution in [3.63, 3.8) is 0 Å². The van der Waals surface area contributed by atoms with Gasteiger partial charge in [0.25, 0.3) is 0 Å². The molecule has 16 heavy (non-hydrogen) atoms. The summed E-state index contributed by atoms with van der Waals surface area (Å²) in [4.78, 5) is 5.61. The summed E-state index contributed by atoms with van der Waals surface area (Å²) in [7, 11) is 0. The quantitative estimate of drug-likeness (QED) is 0.897. The first-order valence-corrected chi connectivity index (χ1v) is 7.20. The smallest absolute Gasteiger partial charge is 0.109 e. The van der Waals surface area contributed by atoms with Crippen LogP contribution < -0.4 is 5.32 Å². The average Bonchev–Trinajstić information content (AvgIpc) is 2.89. The van der Waals surface area contributed by atoms with Crippen LogP contribution in [0.2, 0.25) is 4.34 Å². The number of thiophene rings is 1. The molecule has 0 bridgehead atoms. The van der Waals surface area contributed by atoms with Gasteiger partial charge in [-0.05, 0) is 25.5 Å². The van der Waals surface area contributed by atoms with Crippen LogP contribution in [0.4, 0.5) is 0 Å². The number of nitrogens with one attached hydrogen (secondary N) is 1. The molecule has 0 radical (unpaired) electrons. The summed E-state index contributed by atoms with van der Waals surface area (Å²) in [6.07, 6.45) is 2.87. The van der Waals surface area contributed by atoms with E-state index in [1.807, 2.05) is 17.6 Å². The molecule has 2 aromatic heterocycles. The molecule has 0 saturated carbocycles. The second-order valence-corrected chi connectivity index (χ2v) is 6.23. The Balaban J connectivity index is 1.76. The van der Waals surface area contributed by atoms with Crippen LogP contribution in [0.3, 0.4) is 0 Å². The Hall–Kier alpha value is -0.420. The standard InChI is InChI=1S/C11H13ClN2S2/c1-8(11-14-6-7-15-11)13-5-4-9-2-3-10(12)16-9/h2-3,6-8,13H,4-5H2,1H3. The van der Waals surface area contributed by atoms with Crippen LogP contribution >= 0.6 is 34.3 Å². The number of nitrogens with zero attached hydrogens (tertiary/aromatic N) is 1. The van der Waals surface area contributed by atoms with Gasteiger partial charge in [-0.15, -0.1) is 22.7 Å². The minimum absolute atomic E-state index is 0.329. The van der Waals surface area contributed by atoms with Crippen molar-refractivity contribution in [1.29, 1.82) is 0 Å². The molecule has 0 aliphatic heterocycles. The van der Waals surface area contributed by atoms with Crippen LogP contribution in [0.25, 0.3) is 0 Å². The van der Waals surface area contributed by atoms with Gasteiger partial charge in [-0.1, -0.05) is 11.6 Å². The van der Waals surface area contributed by atoms with Gasteiger partial charge >= 0.3 is 0 Å². The SMILES string of the molecule is CC(NCCc1ccc(Cl)s1)c1nccs1. The second-order valence-electron chi connectivity index (χ2n) is 3.50. The molecule has 0 saturated heterocycles. The first-order valence-electron chi connectivity index (χ1n) is 5.12. The summed E-state index contributed by atoms with van der Waals surface area (Å²) in [6, 6.07) is 4.37. The number of rotatable bonds is 5. The van der Waals surface area contributed by atoms with Crippen molar-refractivity contribution in [2.24, 2.45) is 0 Å². The van der Waals surface area contributed by atoms with E-state index in [4.69, 9.17) is 11.6 Å². The first kappa shape index (κ1) is 12.0. The summed E-state index contributed by atoms with van der Waals surface area (Å²) >= 11 is 9.21. The normalized spacial score (nSPS) is 12.9. The highest BCUT2D eigenvalue weighted by Crippen LogP contribution is 2.21. The third-order valence-electron chi connectivity index (χ3n) is 2.27.